The fraction of sp³-hybridized carbons (Fsp3) is 0.0769. The maximum atomic E-state index is 11.9. The molecule has 19 heavy (non-hydrogen) atoms. The molecule has 0 atom stereocenters. The first-order valence-electron chi connectivity index (χ1n) is 5.37. The molecular weight excluding hydrogens is 289 g/mol. The van der Waals surface area contributed by atoms with Crippen LogP contribution in [0.3, 0.4) is 0 Å². The quantitative estimate of drug-likeness (QED) is 0.915. The van der Waals surface area contributed by atoms with Crippen molar-refractivity contribution in [2.45, 2.75) is 6.42 Å². The molecule has 98 valence electrons. The van der Waals surface area contributed by atoms with Gasteiger partial charge in [-0.05, 0) is 29.3 Å². The van der Waals surface area contributed by atoms with Crippen LogP contribution in [0.5, 0.6) is 0 Å². The van der Waals surface area contributed by atoms with E-state index in [4.69, 9.17) is 28.3 Å². The molecule has 2 aromatic rings. The van der Waals surface area contributed by atoms with Gasteiger partial charge in [-0.15, -0.1) is 0 Å². The number of carboxylic acids is 1. The molecule has 0 aliphatic rings. The van der Waals surface area contributed by atoms with Crippen LogP contribution < -0.4 is 5.56 Å². The van der Waals surface area contributed by atoms with E-state index < -0.39 is 5.97 Å². The SMILES string of the molecule is O=C(O)Cc1cc[nH]c(=O)c1-c1ccc(Cl)c(Cl)c1. The van der Waals surface area contributed by atoms with E-state index >= 15 is 0 Å². The fourth-order valence-corrected chi connectivity index (χ4v) is 2.10. The lowest BCUT2D eigenvalue weighted by molar-refractivity contribution is -0.136. The lowest BCUT2D eigenvalue weighted by Crippen LogP contribution is -2.13. The second-order valence-corrected chi connectivity index (χ2v) is 4.72. The molecule has 0 spiro atoms. The number of hydrogen-bond acceptors (Lipinski definition) is 2. The Morgan fingerprint density at radius 3 is 2.58 bits per heavy atom. The maximum absolute atomic E-state index is 11.9. The van der Waals surface area contributed by atoms with Crippen molar-refractivity contribution in [2.24, 2.45) is 0 Å². The monoisotopic (exact) mass is 297 g/mol. The predicted molar refractivity (Wildman–Crippen MR) is 73.9 cm³/mol. The number of aromatic amines is 1. The zero-order valence-corrected chi connectivity index (χ0v) is 11.1. The van der Waals surface area contributed by atoms with Crippen LogP contribution in [-0.4, -0.2) is 16.1 Å². The van der Waals surface area contributed by atoms with Gasteiger partial charge >= 0.3 is 5.97 Å². The molecule has 0 saturated heterocycles. The predicted octanol–water partition coefficient (Wildman–Crippen LogP) is 2.98. The number of aliphatic carboxylic acids is 1. The number of hydrogen-bond donors (Lipinski definition) is 2. The highest BCUT2D eigenvalue weighted by atomic mass is 35.5. The van der Waals surface area contributed by atoms with Crippen molar-refractivity contribution < 1.29 is 9.90 Å². The van der Waals surface area contributed by atoms with Gasteiger partial charge in [0, 0.05) is 6.20 Å². The first-order chi connectivity index (χ1) is 8.99. The lowest BCUT2D eigenvalue weighted by Gasteiger charge is -2.07. The molecule has 0 aliphatic heterocycles. The van der Waals surface area contributed by atoms with E-state index in [-0.39, 0.29) is 12.0 Å². The molecule has 0 saturated carbocycles. The third-order valence-corrected chi connectivity index (χ3v) is 3.34. The number of halogens is 2. The Kier molecular flexibility index (Phi) is 3.93. The zero-order valence-electron chi connectivity index (χ0n) is 9.61. The average molecular weight is 298 g/mol. The molecule has 0 bridgehead atoms. The highest BCUT2D eigenvalue weighted by molar-refractivity contribution is 6.42. The average Bonchev–Trinajstić information content (AvgIpc) is 2.32. The number of aromatic nitrogens is 1. The molecule has 0 fully saturated rings. The second kappa shape index (κ2) is 5.47. The summed E-state index contributed by atoms with van der Waals surface area (Å²) in [6, 6.07) is 6.30. The van der Waals surface area contributed by atoms with Gasteiger partial charge in [-0.1, -0.05) is 29.3 Å². The van der Waals surface area contributed by atoms with E-state index in [1.807, 2.05) is 0 Å². The molecular formula is C13H9Cl2NO3. The summed E-state index contributed by atoms with van der Waals surface area (Å²) in [5.41, 5.74) is 0.891. The lowest BCUT2D eigenvalue weighted by atomic mass is 10.00. The molecule has 0 aliphatic carbocycles. The molecule has 0 amide bonds. The Hall–Kier alpha value is -1.78. The van der Waals surface area contributed by atoms with Gasteiger partial charge < -0.3 is 10.1 Å². The Morgan fingerprint density at radius 1 is 1.21 bits per heavy atom. The third-order valence-electron chi connectivity index (χ3n) is 2.60. The largest absolute Gasteiger partial charge is 0.481 e. The Bertz CT molecular complexity index is 695. The minimum Gasteiger partial charge on any atom is -0.481 e. The van der Waals surface area contributed by atoms with Gasteiger partial charge in [0.1, 0.15) is 0 Å². The topological polar surface area (TPSA) is 70.2 Å². The third kappa shape index (κ3) is 2.97. The van der Waals surface area contributed by atoms with E-state index in [9.17, 15) is 9.59 Å². The number of nitrogens with one attached hydrogen (secondary N) is 1. The normalized spacial score (nSPS) is 10.4. The molecule has 6 heteroatoms. The molecule has 4 nitrogen and oxygen atoms in total. The van der Waals surface area contributed by atoms with Crippen LogP contribution in [0, 0.1) is 0 Å². The molecule has 2 rings (SSSR count). The summed E-state index contributed by atoms with van der Waals surface area (Å²) < 4.78 is 0. The van der Waals surface area contributed by atoms with Gasteiger partial charge in [0.2, 0.25) is 0 Å². The Balaban J connectivity index is 2.63. The number of rotatable bonds is 3. The zero-order chi connectivity index (χ0) is 14.0. The van der Waals surface area contributed by atoms with Crippen LogP contribution in [0.4, 0.5) is 0 Å². The van der Waals surface area contributed by atoms with Gasteiger partial charge in [-0.25, -0.2) is 0 Å². The summed E-state index contributed by atoms with van der Waals surface area (Å²) in [6.45, 7) is 0. The minimum atomic E-state index is -1.01. The van der Waals surface area contributed by atoms with Crippen molar-refractivity contribution in [3.8, 4) is 11.1 Å². The highest BCUT2D eigenvalue weighted by Crippen LogP contribution is 2.28. The number of carbonyl (C=O) groups is 1. The van der Waals surface area contributed by atoms with Crippen molar-refractivity contribution in [2.75, 3.05) is 0 Å². The van der Waals surface area contributed by atoms with Crippen molar-refractivity contribution in [1.29, 1.82) is 0 Å². The summed E-state index contributed by atoms with van der Waals surface area (Å²) in [7, 11) is 0. The van der Waals surface area contributed by atoms with Gasteiger partial charge in [0.25, 0.3) is 5.56 Å². The number of pyridine rings is 1. The van der Waals surface area contributed by atoms with Crippen LogP contribution in [0.1, 0.15) is 5.56 Å². The summed E-state index contributed by atoms with van der Waals surface area (Å²) in [6.07, 6.45) is 1.18. The summed E-state index contributed by atoms with van der Waals surface area (Å²) in [4.78, 5) is 25.2. The van der Waals surface area contributed by atoms with E-state index in [0.29, 0.717) is 26.7 Å². The van der Waals surface area contributed by atoms with Crippen LogP contribution in [-0.2, 0) is 11.2 Å². The van der Waals surface area contributed by atoms with Gasteiger partial charge in [0.05, 0.1) is 22.0 Å². The highest BCUT2D eigenvalue weighted by Gasteiger charge is 2.13. The first-order valence-corrected chi connectivity index (χ1v) is 6.12. The molecule has 1 aromatic heterocycles. The van der Waals surface area contributed by atoms with Crippen LogP contribution in [0.2, 0.25) is 10.0 Å². The standard InChI is InChI=1S/C13H9Cl2NO3/c14-9-2-1-7(5-10(9)15)12-8(6-11(17)18)3-4-16-13(12)19/h1-5H,6H2,(H,16,19)(H,17,18). The smallest absolute Gasteiger partial charge is 0.307 e. The van der Waals surface area contributed by atoms with Crippen molar-refractivity contribution in [1.82, 2.24) is 4.98 Å². The van der Waals surface area contributed by atoms with E-state index in [0.717, 1.165) is 0 Å². The molecule has 0 radical (unpaired) electrons. The van der Waals surface area contributed by atoms with Gasteiger partial charge in [-0.3, -0.25) is 9.59 Å². The first kappa shape index (κ1) is 13.6. The van der Waals surface area contributed by atoms with Crippen molar-refractivity contribution in [3.63, 3.8) is 0 Å². The van der Waals surface area contributed by atoms with Crippen LogP contribution in [0.25, 0.3) is 11.1 Å². The second-order valence-electron chi connectivity index (χ2n) is 3.91. The van der Waals surface area contributed by atoms with E-state index in [1.54, 1.807) is 24.3 Å². The molecule has 1 aromatic carbocycles. The number of benzene rings is 1. The van der Waals surface area contributed by atoms with Crippen molar-refractivity contribution >= 4 is 29.2 Å². The number of H-pyrrole nitrogens is 1. The maximum Gasteiger partial charge on any atom is 0.307 e. The summed E-state index contributed by atoms with van der Waals surface area (Å²) in [5.74, 6) is -1.01. The number of carboxylic acid groups (broad SMARTS) is 1. The molecule has 2 N–H and O–H groups in total. The van der Waals surface area contributed by atoms with E-state index in [2.05, 4.69) is 4.98 Å². The van der Waals surface area contributed by atoms with Gasteiger partial charge in [0.15, 0.2) is 0 Å². The Labute approximate surface area is 118 Å². The summed E-state index contributed by atoms with van der Waals surface area (Å²) in [5, 5.41) is 9.55. The minimum absolute atomic E-state index is 0.237. The van der Waals surface area contributed by atoms with E-state index in [1.165, 1.54) is 6.20 Å². The van der Waals surface area contributed by atoms with Crippen LogP contribution in [0.15, 0.2) is 35.3 Å². The molecule has 0 unspecified atom stereocenters. The van der Waals surface area contributed by atoms with Crippen LogP contribution >= 0.6 is 23.2 Å². The summed E-state index contributed by atoms with van der Waals surface area (Å²) >= 11 is 11.7. The Morgan fingerprint density at radius 2 is 1.95 bits per heavy atom. The van der Waals surface area contributed by atoms with Gasteiger partial charge in [-0.2, -0.15) is 0 Å². The fourth-order valence-electron chi connectivity index (χ4n) is 1.80. The molecule has 1 heterocycles. The van der Waals surface area contributed by atoms with Crippen molar-refractivity contribution in [3.05, 3.63) is 56.4 Å².